The molecule has 0 spiro atoms. The van der Waals surface area contributed by atoms with E-state index in [-0.39, 0.29) is 0 Å². The fourth-order valence-corrected chi connectivity index (χ4v) is 4.43. The van der Waals surface area contributed by atoms with Crippen molar-refractivity contribution in [3.05, 3.63) is 53.6 Å². The molecular weight excluding hydrogens is 298 g/mol. The van der Waals surface area contributed by atoms with Crippen LogP contribution in [-0.2, 0) is 22.9 Å². The molecule has 0 N–H and O–H groups in total. The highest BCUT2D eigenvalue weighted by Gasteiger charge is 2.30. The summed E-state index contributed by atoms with van der Waals surface area (Å²) in [5.41, 5.74) is 2.77. The summed E-state index contributed by atoms with van der Waals surface area (Å²) < 4.78 is 32.7. The second kappa shape index (κ2) is 5.65. The average Bonchev–Trinajstić information content (AvgIpc) is 2.98. The molecule has 0 radical (unpaired) electrons. The summed E-state index contributed by atoms with van der Waals surface area (Å²) in [6.07, 6.45) is 1.48. The Labute approximate surface area is 131 Å². The molecule has 22 heavy (non-hydrogen) atoms. The molecule has 0 saturated heterocycles. The van der Waals surface area contributed by atoms with E-state index >= 15 is 0 Å². The van der Waals surface area contributed by atoms with Crippen LogP contribution in [0.5, 0.6) is 5.75 Å². The monoisotopic (exact) mass is 317 g/mol. The van der Waals surface area contributed by atoms with Crippen LogP contribution in [0, 0.1) is 0 Å². The fourth-order valence-electron chi connectivity index (χ4n) is 2.88. The maximum absolute atomic E-state index is 13.0. The predicted octanol–water partition coefficient (Wildman–Crippen LogP) is 3.01. The third-order valence-electron chi connectivity index (χ3n) is 4.07. The molecule has 1 aliphatic rings. The fraction of sp³-hybridized carbons (Fsp3) is 0.294. The zero-order chi connectivity index (χ0) is 15.7. The maximum atomic E-state index is 13.0. The number of hydrogen-bond donors (Lipinski definition) is 0. The Bertz CT molecular complexity index is 799. The Morgan fingerprint density at radius 3 is 2.68 bits per heavy atom. The molecule has 116 valence electrons. The molecular formula is C17H19NO3S. The highest BCUT2D eigenvalue weighted by molar-refractivity contribution is 7.92. The first kappa shape index (κ1) is 14.9. The number of nitrogens with zero attached hydrogens (tertiary/aromatic N) is 1. The molecule has 0 amide bonds. The van der Waals surface area contributed by atoms with Crippen LogP contribution in [0.15, 0.2) is 47.4 Å². The van der Waals surface area contributed by atoms with Gasteiger partial charge in [0.15, 0.2) is 0 Å². The van der Waals surface area contributed by atoms with Crippen LogP contribution in [0.3, 0.4) is 0 Å². The van der Waals surface area contributed by atoms with Gasteiger partial charge in [-0.05, 0) is 48.2 Å². The van der Waals surface area contributed by atoms with Crippen molar-refractivity contribution in [1.29, 1.82) is 0 Å². The number of benzene rings is 2. The van der Waals surface area contributed by atoms with Crippen molar-refractivity contribution in [3.63, 3.8) is 0 Å². The quantitative estimate of drug-likeness (QED) is 0.871. The van der Waals surface area contributed by atoms with Gasteiger partial charge in [-0.1, -0.05) is 25.1 Å². The van der Waals surface area contributed by atoms with Gasteiger partial charge in [0.1, 0.15) is 5.75 Å². The Morgan fingerprint density at radius 1 is 1.18 bits per heavy atom. The van der Waals surface area contributed by atoms with Gasteiger partial charge in [-0.2, -0.15) is 0 Å². The third-order valence-corrected chi connectivity index (χ3v) is 5.87. The van der Waals surface area contributed by atoms with Gasteiger partial charge in [0.25, 0.3) is 10.0 Å². The SMILES string of the molecule is CCc1cc(S(=O)(=O)N2CCc3ccccc32)ccc1OC. The van der Waals surface area contributed by atoms with Crippen molar-refractivity contribution in [1.82, 2.24) is 0 Å². The molecule has 0 aliphatic carbocycles. The van der Waals surface area contributed by atoms with Gasteiger partial charge in [-0.25, -0.2) is 8.42 Å². The number of methoxy groups -OCH3 is 1. The van der Waals surface area contributed by atoms with Crippen molar-refractivity contribution < 1.29 is 13.2 Å². The van der Waals surface area contributed by atoms with Crippen LogP contribution in [0.1, 0.15) is 18.1 Å². The number of hydrogen-bond acceptors (Lipinski definition) is 3. The Balaban J connectivity index is 2.05. The lowest BCUT2D eigenvalue weighted by Gasteiger charge is -2.20. The minimum atomic E-state index is -3.53. The van der Waals surface area contributed by atoms with Gasteiger partial charge >= 0.3 is 0 Å². The van der Waals surface area contributed by atoms with E-state index in [1.54, 1.807) is 25.3 Å². The first-order valence-corrected chi connectivity index (χ1v) is 8.79. The number of fused-ring (bicyclic) bond motifs is 1. The predicted molar refractivity (Wildman–Crippen MR) is 87.0 cm³/mol. The van der Waals surface area contributed by atoms with Gasteiger partial charge in [-0.15, -0.1) is 0 Å². The van der Waals surface area contributed by atoms with E-state index in [9.17, 15) is 8.42 Å². The van der Waals surface area contributed by atoms with Crippen molar-refractivity contribution in [2.24, 2.45) is 0 Å². The van der Waals surface area contributed by atoms with Gasteiger partial charge in [0, 0.05) is 6.54 Å². The first-order chi connectivity index (χ1) is 10.6. The molecule has 0 unspecified atom stereocenters. The number of rotatable bonds is 4. The van der Waals surface area contributed by atoms with E-state index < -0.39 is 10.0 Å². The molecule has 0 atom stereocenters. The van der Waals surface area contributed by atoms with Crippen LogP contribution < -0.4 is 9.04 Å². The Morgan fingerprint density at radius 2 is 1.95 bits per heavy atom. The van der Waals surface area contributed by atoms with Crippen LogP contribution >= 0.6 is 0 Å². The van der Waals surface area contributed by atoms with Gasteiger partial charge in [-0.3, -0.25) is 4.31 Å². The molecule has 2 aromatic carbocycles. The maximum Gasteiger partial charge on any atom is 0.264 e. The third kappa shape index (κ3) is 2.35. The average molecular weight is 317 g/mol. The lowest BCUT2D eigenvalue weighted by molar-refractivity contribution is 0.409. The van der Waals surface area contributed by atoms with Crippen molar-refractivity contribution >= 4 is 15.7 Å². The zero-order valence-corrected chi connectivity index (χ0v) is 13.6. The molecule has 3 rings (SSSR count). The van der Waals surface area contributed by atoms with Crippen molar-refractivity contribution in [3.8, 4) is 5.75 Å². The van der Waals surface area contributed by atoms with Gasteiger partial charge < -0.3 is 4.74 Å². The normalized spacial score (nSPS) is 14.0. The molecule has 0 bridgehead atoms. The lowest BCUT2D eigenvalue weighted by atomic mass is 10.1. The summed E-state index contributed by atoms with van der Waals surface area (Å²) in [6, 6.07) is 12.7. The van der Waals surface area contributed by atoms with Crippen LogP contribution in [0.2, 0.25) is 0 Å². The number of aryl methyl sites for hydroxylation is 1. The number of anilines is 1. The Hall–Kier alpha value is -2.01. The van der Waals surface area contributed by atoms with Crippen LogP contribution in [0.4, 0.5) is 5.69 Å². The molecule has 5 heteroatoms. The zero-order valence-electron chi connectivity index (χ0n) is 12.7. The van der Waals surface area contributed by atoms with E-state index in [1.165, 1.54) is 4.31 Å². The van der Waals surface area contributed by atoms with E-state index in [0.29, 0.717) is 11.4 Å². The summed E-state index contributed by atoms with van der Waals surface area (Å²) in [4.78, 5) is 0.321. The number of sulfonamides is 1. The topological polar surface area (TPSA) is 46.6 Å². The molecule has 1 heterocycles. The van der Waals surface area contributed by atoms with Gasteiger partial charge in [0.05, 0.1) is 17.7 Å². The van der Waals surface area contributed by atoms with E-state index in [0.717, 1.165) is 35.4 Å². The second-order valence-electron chi connectivity index (χ2n) is 5.28. The van der Waals surface area contributed by atoms with Gasteiger partial charge in [0.2, 0.25) is 0 Å². The minimum Gasteiger partial charge on any atom is -0.496 e. The van der Waals surface area contributed by atoms with E-state index in [1.807, 2.05) is 31.2 Å². The minimum absolute atomic E-state index is 0.321. The van der Waals surface area contributed by atoms with E-state index in [4.69, 9.17) is 4.74 Å². The Kier molecular flexibility index (Phi) is 3.83. The molecule has 4 nitrogen and oxygen atoms in total. The summed E-state index contributed by atoms with van der Waals surface area (Å²) in [7, 11) is -1.94. The second-order valence-corrected chi connectivity index (χ2v) is 7.15. The van der Waals surface area contributed by atoms with Crippen LogP contribution in [0.25, 0.3) is 0 Å². The molecule has 0 fully saturated rings. The summed E-state index contributed by atoms with van der Waals surface area (Å²) >= 11 is 0. The lowest BCUT2D eigenvalue weighted by Crippen LogP contribution is -2.29. The smallest absolute Gasteiger partial charge is 0.264 e. The summed E-state index contributed by atoms with van der Waals surface area (Å²) in [5.74, 6) is 0.725. The first-order valence-electron chi connectivity index (χ1n) is 7.35. The molecule has 2 aromatic rings. The number of ether oxygens (including phenoxy) is 1. The molecule has 0 aromatic heterocycles. The molecule has 0 saturated carbocycles. The molecule has 1 aliphatic heterocycles. The van der Waals surface area contributed by atoms with E-state index in [2.05, 4.69) is 0 Å². The standard InChI is InChI=1S/C17H19NO3S/c1-3-13-12-15(8-9-17(13)21-2)22(19,20)18-11-10-14-6-4-5-7-16(14)18/h4-9,12H,3,10-11H2,1-2H3. The van der Waals surface area contributed by atoms with Crippen molar-refractivity contribution in [2.45, 2.75) is 24.7 Å². The van der Waals surface area contributed by atoms with Crippen LogP contribution in [-0.4, -0.2) is 22.1 Å². The highest BCUT2D eigenvalue weighted by Crippen LogP contribution is 2.33. The largest absolute Gasteiger partial charge is 0.496 e. The highest BCUT2D eigenvalue weighted by atomic mass is 32.2. The van der Waals surface area contributed by atoms with Crippen molar-refractivity contribution in [2.75, 3.05) is 18.0 Å². The summed E-state index contributed by atoms with van der Waals surface area (Å²) in [6.45, 7) is 2.48. The summed E-state index contributed by atoms with van der Waals surface area (Å²) in [5, 5.41) is 0. The number of para-hydroxylation sites is 1.